The first-order valence-electron chi connectivity index (χ1n) is 12.0. The highest BCUT2D eigenvalue weighted by Gasteiger charge is 2.61. The van der Waals surface area contributed by atoms with E-state index in [1.54, 1.807) is 6.08 Å². The molecule has 2 heterocycles. The van der Waals surface area contributed by atoms with E-state index >= 15 is 0 Å². The molecule has 1 unspecified atom stereocenters. The van der Waals surface area contributed by atoms with E-state index in [-0.39, 0.29) is 17.6 Å². The Kier molecular flexibility index (Phi) is 6.96. The second-order valence-electron chi connectivity index (χ2n) is 9.50. The number of hydrogen-bond acceptors (Lipinski definition) is 5. The maximum atomic E-state index is 12.5. The Morgan fingerprint density at radius 1 is 1.24 bits per heavy atom. The zero-order chi connectivity index (χ0) is 23.5. The number of morpholine rings is 1. The van der Waals surface area contributed by atoms with Gasteiger partial charge in [0.2, 0.25) is 0 Å². The minimum atomic E-state index is -0.532. The van der Waals surface area contributed by atoms with Crippen LogP contribution in [0.2, 0.25) is 0 Å². The number of anilines is 1. The van der Waals surface area contributed by atoms with Crippen LogP contribution >= 0.6 is 0 Å². The third-order valence-corrected chi connectivity index (χ3v) is 7.10. The highest BCUT2D eigenvalue weighted by Crippen LogP contribution is 2.50. The van der Waals surface area contributed by atoms with Gasteiger partial charge in [0.25, 0.3) is 5.91 Å². The molecule has 1 amide bonds. The van der Waals surface area contributed by atoms with Crippen LogP contribution in [-0.2, 0) is 9.53 Å². The number of allylic oxidation sites excluding steroid dienone is 2. The van der Waals surface area contributed by atoms with Crippen molar-refractivity contribution in [2.75, 3.05) is 45.2 Å². The zero-order valence-corrected chi connectivity index (χ0v) is 20.0. The highest BCUT2D eigenvalue weighted by atomic mass is 16.5. The normalized spacial score (nSPS) is 22.4. The lowest BCUT2D eigenvalue weighted by atomic mass is 9.88. The molecule has 2 aliphatic heterocycles. The zero-order valence-electron chi connectivity index (χ0n) is 20.0. The molecule has 2 spiro atoms. The molecular formula is C27H37N3O3. The van der Waals surface area contributed by atoms with Crippen molar-refractivity contribution < 1.29 is 14.3 Å². The number of nitrogens with one attached hydrogen (secondary N) is 1. The summed E-state index contributed by atoms with van der Waals surface area (Å²) in [5.74, 6) is 1.04. The predicted octanol–water partition coefficient (Wildman–Crippen LogP) is 3.70. The van der Waals surface area contributed by atoms with Crippen molar-refractivity contribution in [3.63, 3.8) is 0 Å². The van der Waals surface area contributed by atoms with E-state index in [2.05, 4.69) is 35.5 Å². The SMILES string of the molecule is C=C/C=C(\C=C)C(CCNC)Oc1ccccc1N1CCC2(CC1)CN(C)C(=O)C1(CC1)O2. The molecule has 0 radical (unpaired) electrons. The maximum absolute atomic E-state index is 12.5. The number of hydrogen-bond donors (Lipinski definition) is 1. The van der Waals surface area contributed by atoms with Crippen molar-refractivity contribution in [3.8, 4) is 5.75 Å². The fourth-order valence-corrected chi connectivity index (χ4v) is 5.17. The molecule has 3 fully saturated rings. The number of nitrogens with zero attached hydrogens (tertiary/aromatic N) is 2. The Bertz CT molecular complexity index is 913. The summed E-state index contributed by atoms with van der Waals surface area (Å²) in [4.78, 5) is 16.8. The third-order valence-electron chi connectivity index (χ3n) is 7.10. The summed E-state index contributed by atoms with van der Waals surface area (Å²) < 4.78 is 13.1. The number of para-hydroxylation sites is 2. The van der Waals surface area contributed by atoms with Gasteiger partial charge in [-0.1, -0.05) is 43.5 Å². The van der Waals surface area contributed by atoms with Crippen LogP contribution < -0.4 is 15.0 Å². The summed E-state index contributed by atoms with van der Waals surface area (Å²) in [7, 11) is 3.87. The molecule has 33 heavy (non-hydrogen) atoms. The number of benzene rings is 1. The highest BCUT2D eigenvalue weighted by molar-refractivity contribution is 5.88. The van der Waals surface area contributed by atoms with E-state index in [1.807, 2.05) is 43.3 Å². The summed E-state index contributed by atoms with van der Waals surface area (Å²) in [6.07, 6.45) is 9.83. The number of rotatable bonds is 9. The Morgan fingerprint density at radius 2 is 1.97 bits per heavy atom. The van der Waals surface area contributed by atoms with Gasteiger partial charge >= 0.3 is 0 Å². The van der Waals surface area contributed by atoms with Crippen molar-refractivity contribution in [1.29, 1.82) is 0 Å². The molecule has 2 saturated heterocycles. The quantitative estimate of drug-likeness (QED) is 0.580. The first kappa shape index (κ1) is 23.6. The van der Waals surface area contributed by atoms with Gasteiger partial charge in [0.1, 0.15) is 17.5 Å². The summed E-state index contributed by atoms with van der Waals surface area (Å²) >= 11 is 0. The van der Waals surface area contributed by atoms with Crippen molar-refractivity contribution in [2.45, 2.75) is 49.4 Å². The second kappa shape index (κ2) is 9.74. The Balaban J connectivity index is 1.49. The average molecular weight is 452 g/mol. The van der Waals surface area contributed by atoms with E-state index in [9.17, 15) is 4.79 Å². The second-order valence-corrected chi connectivity index (χ2v) is 9.50. The average Bonchev–Trinajstić information content (AvgIpc) is 3.59. The predicted molar refractivity (Wildman–Crippen MR) is 133 cm³/mol. The van der Waals surface area contributed by atoms with E-state index < -0.39 is 5.60 Å². The monoisotopic (exact) mass is 451 g/mol. The molecule has 0 aromatic heterocycles. The lowest BCUT2D eigenvalue weighted by molar-refractivity contribution is -0.192. The van der Waals surface area contributed by atoms with Crippen LogP contribution in [-0.4, -0.2) is 68.4 Å². The van der Waals surface area contributed by atoms with E-state index in [0.717, 1.165) is 68.7 Å². The third kappa shape index (κ3) is 4.87. The first-order valence-corrected chi connectivity index (χ1v) is 12.0. The van der Waals surface area contributed by atoms with Gasteiger partial charge in [-0.15, -0.1) is 0 Å². The van der Waals surface area contributed by atoms with Crippen molar-refractivity contribution >= 4 is 11.6 Å². The van der Waals surface area contributed by atoms with Crippen LogP contribution in [0.4, 0.5) is 5.69 Å². The van der Waals surface area contributed by atoms with Gasteiger partial charge in [-0.2, -0.15) is 0 Å². The van der Waals surface area contributed by atoms with Gasteiger partial charge in [-0.05, 0) is 57.0 Å². The standard InChI is InChI=1S/C27H37N3O3/c1-5-9-21(6-2)23(12-17-28-3)32-24-11-8-7-10-22(24)30-18-15-26(16-19-30)20-29(4)25(31)27(33-26)13-14-27/h5-11,23,28H,1-2,12-20H2,3-4H3/b21-9+. The topological polar surface area (TPSA) is 54.0 Å². The molecular weight excluding hydrogens is 414 g/mol. The molecule has 3 aliphatic rings. The van der Waals surface area contributed by atoms with Gasteiger partial charge in [-0.25, -0.2) is 0 Å². The molecule has 1 aromatic rings. The Hall–Kier alpha value is -2.57. The van der Waals surface area contributed by atoms with Crippen LogP contribution in [0.1, 0.15) is 32.1 Å². The van der Waals surface area contributed by atoms with E-state index in [0.29, 0.717) is 6.54 Å². The molecule has 0 bridgehead atoms. The molecule has 178 valence electrons. The molecule has 1 aromatic carbocycles. The molecule has 4 rings (SSSR count). The number of carbonyl (C=O) groups excluding carboxylic acids is 1. The fourth-order valence-electron chi connectivity index (χ4n) is 5.17. The van der Waals surface area contributed by atoms with Gasteiger partial charge < -0.3 is 24.6 Å². The molecule has 1 aliphatic carbocycles. The lowest BCUT2D eigenvalue weighted by Crippen LogP contribution is -2.62. The van der Waals surface area contributed by atoms with E-state index in [1.165, 1.54) is 0 Å². The van der Waals surface area contributed by atoms with Gasteiger partial charge in [0, 0.05) is 33.1 Å². The van der Waals surface area contributed by atoms with Crippen molar-refractivity contribution in [1.82, 2.24) is 10.2 Å². The van der Waals surface area contributed by atoms with Crippen LogP contribution in [0.25, 0.3) is 0 Å². The van der Waals surface area contributed by atoms with Crippen molar-refractivity contribution in [3.05, 3.63) is 61.2 Å². The van der Waals surface area contributed by atoms with Crippen LogP contribution in [0.5, 0.6) is 5.75 Å². The number of amides is 1. The minimum Gasteiger partial charge on any atom is -0.484 e. The first-order chi connectivity index (χ1) is 16.0. The summed E-state index contributed by atoms with van der Waals surface area (Å²) in [6.45, 7) is 11.1. The lowest BCUT2D eigenvalue weighted by Gasteiger charge is -2.49. The fraction of sp³-hybridized carbons (Fsp3) is 0.519. The number of piperidine rings is 1. The summed E-state index contributed by atoms with van der Waals surface area (Å²) in [5, 5.41) is 3.21. The largest absolute Gasteiger partial charge is 0.484 e. The number of ether oxygens (including phenoxy) is 2. The smallest absolute Gasteiger partial charge is 0.254 e. The van der Waals surface area contributed by atoms with Gasteiger partial charge in [0.15, 0.2) is 0 Å². The minimum absolute atomic E-state index is 0.110. The molecule has 1 saturated carbocycles. The Morgan fingerprint density at radius 3 is 2.61 bits per heavy atom. The maximum Gasteiger partial charge on any atom is 0.254 e. The van der Waals surface area contributed by atoms with Crippen LogP contribution in [0.15, 0.2) is 61.2 Å². The molecule has 6 nitrogen and oxygen atoms in total. The molecule has 1 atom stereocenters. The summed E-state index contributed by atoms with van der Waals surface area (Å²) in [5.41, 5.74) is 1.36. The summed E-state index contributed by atoms with van der Waals surface area (Å²) in [6, 6.07) is 8.26. The van der Waals surface area contributed by atoms with Gasteiger partial charge in [0.05, 0.1) is 11.3 Å². The number of carbonyl (C=O) groups is 1. The van der Waals surface area contributed by atoms with Crippen LogP contribution in [0, 0.1) is 0 Å². The number of likely N-dealkylation sites (N-methyl/N-ethyl adjacent to an activating group) is 1. The molecule has 1 N–H and O–H groups in total. The molecule has 6 heteroatoms. The Labute approximate surface area is 197 Å². The van der Waals surface area contributed by atoms with Crippen molar-refractivity contribution in [2.24, 2.45) is 0 Å². The van der Waals surface area contributed by atoms with E-state index in [4.69, 9.17) is 9.47 Å². The van der Waals surface area contributed by atoms with Gasteiger partial charge in [-0.3, -0.25) is 4.79 Å². The van der Waals surface area contributed by atoms with Crippen LogP contribution in [0.3, 0.4) is 0 Å².